The summed E-state index contributed by atoms with van der Waals surface area (Å²) < 4.78 is 1.65. The van der Waals surface area contributed by atoms with Crippen LogP contribution >= 0.6 is 0 Å². The lowest BCUT2D eigenvalue weighted by Gasteiger charge is -2.23. The molecule has 0 bridgehead atoms. The van der Waals surface area contributed by atoms with Crippen LogP contribution in [0.4, 0.5) is 10.5 Å². The van der Waals surface area contributed by atoms with Gasteiger partial charge in [-0.25, -0.2) is 14.3 Å². The van der Waals surface area contributed by atoms with Gasteiger partial charge in [0.05, 0.1) is 24.5 Å². The fourth-order valence-corrected chi connectivity index (χ4v) is 4.06. The molecular weight excluding hydrogens is 454 g/mol. The molecule has 0 saturated carbocycles. The van der Waals surface area contributed by atoms with Crippen molar-refractivity contribution >= 4 is 17.4 Å². The first kappa shape index (κ1) is 23.5. The Bertz CT molecular complexity index is 1480. The molecule has 3 heterocycles. The van der Waals surface area contributed by atoms with E-state index in [4.69, 9.17) is 9.94 Å². The van der Waals surface area contributed by atoms with Crippen molar-refractivity contribution in [1.82, 2.24) is 19.7 Å². The van der Waals surface area contributed by atoms with Crippen molar-refractivity contribution in [2.45, 2.75) is 38.8 Å². The molecule has 1 aliphatic heterocycles. The molecule has 8 heteroatoms. The Morgan fingerprint density at radius 1 is 1.17 bits per heavy atom. The Kier molecular flexibility index (Phi) is 6.18. The van der Waals surface area contributed by atoms with Gasteiger partial charge in [-0.3, -0.25) is 4.84 Å². The number of aromatic nitrogens is 3. The zero-order valence-corrected chi connectivity index (χ0v) is 20.4. The number of nitrogens with one attached hydrogen (secondary N) is 1. The van der Waals surface area contributed by atoms with E-state index in [9.17, 15) is 9.90 Å². The van der Waals surface area contributed by atoms with Gasteiger partial charge < -0.3 is 10.4 Å². The van der Waals surface area contributed by atoms with E-state index >= 15 is 0 Å². The summed E-state index contributed by atoms with van der Waals surface area (Å²) in [5.74, 6) is 5.74. The average molecular weight is 482 g/mol. The average Bonchev–Trinajstić information content (AvgIpc) is 3.51. The molecule has 36 heavy (non-hydrogen) atoms. The van der Waals surface area contributed by atoms with Gasteiger partial charge in [0.25, 0.3) is 0 Å². The van der Waals surface area contributed by atoms with Crippen molar-refractivity contribution in [2.24, 2.45) is 0 Å². The number of amides is 2. The van der Waals surface area contributed by atoms with Crippen LogP contribution in [0.25, 0.3) is 16.9 Å². The normalized spacial score (nSPS) is 15.6. The summed E-state index contributed by atoms with van der Waals surface area (Å²) in [5, 5.41) is 19.1. The Morgan fingerprint density at radius 2 is 1.97 bits per heavy atom. The molecule has 0 spiro atoms. The van der Waals surface area contributed by atoms with Crippen molar-refractivity contribution < 1.29 is 14.7 Å². The molecule has 2 amide bonds. The zero-order chi connectivity index (χ0) is 25.3. The lowest BCUT2D eigenvalue weighted by atomic mass is 10.0. The highest BCUT2D eigenvalue weighted by Gasteiger charge is 2.32. The number of anilines is 1. The lowest BCUT2D eigenvalue weighted by Crippen LogP contribution is -2.33. The number of hydrogen-bond donors (Lipinski definition) is 2. The molecule has 2 aromatic carbocycles. The van der Waals surface area contributed by atoms with Gasteiger partial charge in [-0.05, 0) is 56.0 Å². The highest BCUT2D eigenvalue weighted by molar-refractivity contribution is 5.90. The van der Waals surface area contributed by atoms with Crippen LogP contribution in [-0.4, -0.2) is 43.0 Å². The number of nitrogens with zero attached hydrogens (tertiary/aromatic N) is 4. The summed E-state index contributed by atoms with van der Waals surface area (Å²) in [5.41, 5.74) is 4.26. The summed E-state index contributed by atoms with van der Waals surface area (Å²) in [7, 11) is 0. The summed E-state index contributed by atoms with van der Waals surface area (Å²) in [6.45, 7) is 5.67. The summed E-state index contributed by atoms with van der Waals surface area (Å²) in [4.78, 5) is 23.2. The fourth-order valence-electron chi connectivity index (χ4n) is 4.06. The summed E-state index contributed by atoms with van der Waals surface area (Å²) in [6, 6.07) is 19.0. The predicted molar refractivity (Wildman–Crippen MR) is 137 cm³/mol. The van der Waals surface area contributed by atoms with Gasteiger partial charge in [-0.1, -0.05) is 48.4 Å². The number of carbonyl (C=O) groups excluding carboxylic acids is 1. The molecule has 0 aliphatic carbocycles. The Balaban J connectivity index is 1.42. The van der Waals surface area contributed by atoms with Crippen molar-refractivity contribution in [2.75, 3.05) is 11.9 Å². The van der Waals surface area contributed by atoms with E-state index < -0.39 is 5.60 Å². The number of aliphatic hydroxyl groups is 1. The highest BCUT2D eigenvalue weighted by atomic mass is 16.7. The maximum absolute atomic E-state index is 13.2. The van der Waals surface area contributed by atoms with Gasteiger partial charge in [0.1, 0.15) is 11.3 Å². The third-order valence-electron chi connectivity index (χ3n) is 5.92. The van der Waals surface area contributed by atoms with Crippen LogP contribution in [0, 0.1) is 18.8 Å². The molecule has 1 fully saturated rings. The zero-order valence-electron chi connectivity index (χ0n) is 20.4. The van der Waals surface area contributed by atoms with Gasteiger partial charge in [-0.2, -0.15) is 10.2 Å². The Morgan fingerprint density at radius 3 is 2.75 bits per heavy atom. The van der Waals surface area contributed by atoms with Crippen LogP contribution in [0.15, 0.2) is 66.9 Å². The number of hydrogen-bond acceptors (Lipinski definition) is 5. The van der Waals surface area contributed by atoms with E-state index in [-0.39, 0.29) is 12.1 Å². The Labute approximate surface area is 209 Å². The molecule has 8 nitrogen and oxygen atoms in total. The van der Waals surface area contributed by atoms with Crippen LogP contribution in [-0.2, 0) is 4.84 Å². The van der Waals surface area contributed by atoms with Crippen molar-refractivity contribution in [1.29, 1.82) is 0 Å². The summed E-state index contributed by atoms with van der Waals surface area (Å²) >= 11 is 0. The van der Waals surface area contributed by atoms with Gasteiger partial charge in [0.2, 0.25) is 0 Å². The van der Waals surface area contributed by atoms with Crippen LogP contribution in [0.3, 0.4) is 0 Å². The number of aryl methyl sites for hydroxylation is 1. The molecule has 1 aliphatic rings. The molecule has 4 aromatic rings. The second-order valence-corrected chi connectivity index (χ2v) is 9.28. The van der Waals surface area contributed by atoms with Crippen molar-refractivity contribution in [3.05, 3.63) is 83.7 Å². The molecule has 182 valence electrons. The van der Waals surface area contributed by atoms with Crippen molar-refractivity contribution in [3.63, 3.8) is 0 Å². The Hall–Kier alpha value is -4.19. The topological polar surface area (TPSA) is 92.0 Å². The molecule has 0 radical (unpaired) electrons. The van der Waals surface area contributed by atoms with E-state index in [1.54, 1.807) is 24.6 Å². The first-order valence-corrected chi connectivity index (χ1v) is 11.8. The molecule has 0 unspecified atom stereocenters. The van der Waals surface area contributed by atoms with Crippen LogP contribution < -0.4 is 5.32 Å². The van der Waals surface area contributed by atoms with E-state index in [2.05, 4.69) is 22.1 Å². The third-order valence-corrected chi connectivity index (χ3v) is 5.92. The second kappa shape index (κ2) is 9.46. The maximum Gasteiger partial charge on any atom is 0.346 e. The predicted octanol–water partition coefficient (Wildman–Crippen LogP) is 4.74. The maximum atomic E-state index is 13.2. The number of carbonyl (C=O) groups is 1. The van der Waals surface area contributed by atoms with Crippen LogP contribution in [0.1, 0.15) is 43.1 Å². The van der Waals surface area contributed by atoms with Crippen LogP contribution in [0.2, 0.25) is 0 Å². The molecule has 5 rings (SSSR count). The van der Waals surface area contributed by atoms with Gasteiger partial charge >= 0.3 is 6.03 Å². The molecule has 2 N–H and O–H groups in total. The number of imidazole rings is 1. The lowest BCUT2D eigenvalue weighted by molar-refractivity contribution is -0.0829. The van der Waals surface area contributed by atoms with Crippen LogP contribution in [0.5, 0.6) is 0 Å². The first-order chi connectivity index (χ1) is 17.3. The number of hydroxylamine groups is 2. The number of fused-ring (bicyclic) bond motifs is 1. The second-order valence-electron chi connectivity index (χ2n) is 9.28. The quantitative estimate of drug-likeness (QED) is 0.413. The number of benzene rings is 2. The SMILES string of the molecule is Cc1ccc(-c2ccc3ncc(C#CC(C)(C)O)n3n2)cc1NC(=O)N1OCC[C@H]1c1ccccc1. The number of urea groups is 1. The first-order valence-electron chi connectivity index (χ1n) is 11.8. The molecule has 1 saturated heterocycles. The largest absolute Gasteiger partial charge is 0.378 e. The highest BCUT2D eigenvalue weighted by Crippen LogP contribution is 2.31. The van der Waals surface area contributed by atoms with E-state index in [0.717, 1.165) is 23.1 Å². The minimum atomic E-state index is -1.12. The fraction of sp³-hybridized carbons (Fsp3) is 0.250. The third kappa shape index (κ3) is 4.93. The van der Waals surface area contributed by atoms with Gasteiger partial charge in [-0.15, -0.1) is 0 Å². The smallest absolute Gasteiger partial charge is 0.346 e. The molecule has 2 aromatic heterocycles. The van der Waals surface area contributed by atoms with Crippen molar-refractivity contribution in [3.8, 4) is 23.1 Å². The summed E-state index contributed by atoms with van der Waals surface area (Å²) in [6.07, 6.45) is 2.37. The van der Waals surface area contributed by atoms with Gasteiger partial charge in [0, 0.05) is 17.7 Å². The number of rotatable bonds is 3. The minimum Gasteiger partial charge on any atom is -0.378 e. The van der Waals surface area contributed by atoms with Gasteiger partial charge in [0.15, 0.2) is 5.65 Å². The standard InChI is InChI=1S/C28H27N5O3/c1-19-9-10-21(23-11-12-26-29-18-22(32(26)31-23)13-15-28(2,3)35)17-24(19)30-27(34)33-25(14-16-36-33)20-7-5-4-6-8-20/h4-12,17-18,25,35H,14,16H2,1-3H3,(H,30,34)/t25-/m0/s1. The molecular formula is C28H27N5O3. The monoisotopic (exact) mass is 481 g/mol. The minimum absolute atomic E-state index is 0.136. The molecule has 1 atom stereocenters. The van der Waals surface area contributed by atoms with E-state index in [1.165, 1.54) is 5.06 Å². The van der Waals surface area contributed by atoms with E-state index in [0.29, 0.717) is 29.3 Å². The van der Waals surface area contributed by atoms with E-state index in [1.807, 2.05) is 67.6 Å².